The molecule has 0 unspecified atom stereocenters. The van der Waals surface area contributed by atoms with Crippen LogP contribution >= 0.6 is 11.6 Å². The second-order valence-electron chi connectivity index (χ2n) is 4.28. The Morgan fingerprint density at radius 3 is 2.68 bits per heavy atom. The van der Waals surface area contributed by atoms with Crippen molar-refractivity contribution in [3.8, 4) is 17.9 Å². The zero-order valence-corrected chi connectivity index (χ0v) is 12.1. The highest BCUT2D eigenvalue weighted by molar-refractivity contribution is 6.32. The van der Waals surface area contributed by atoms with Crippen molar-refractivity contribution in [3.05, 3.63) is 58.6 Å². The van der Waals surface area contributed by atoms with E-state index >= 15 is 0 Å². The number of carbonyl (C=O) groups excluding carboxylic acids is 1. The van der Waals surface area contributed by atoms with E-state index in [1.165, 1.54) is 12.1 Å². The van der Waals surface area contributed by atoms with Gasteiger partial charge in [-0.1, -0.05) is 17.7 Å². The highest BCUT2D eigenvalue weighted by Gasteiger charge is 2.06. The number of carbonyl (C=O) groups is 1. The molecule has 2 aromatic carbocycles. The van der Waals surface area contributed by atoms with Gasteiger partial charge in [0, 0.05) is 5.69 Å². The van der Waals surface area contributed by atoms with Gasteiger partial charge in [0.2, 0.25) is 0 Å². The molecule has 6 heteroatoms. The van der Waals surface area contributed by atoms with Crippen LogP contribution in [0.1, 0.15) is 11.1 Å². The van der Waals surface area contributed by atoms with Gasteiger partial charge in [0.15, 0.2) is 6.61 Å². The van der Waals surface area contributed by atoms with Crippen molar-refractivity contribution in [2.45, 2.75) is 0 Å². The number of halogens is 1. The smallest absolute Gasteiger partial charge is 0.262 e. The zero-order valence-electron chi connectivity index (χ0n) is 11.3. The van der Waals surface area contributed by atoms with Gasteiger partial charge in [-0.05, 0) is 36.4 Å². The van der Waals surface area contributed by atoms with Crippen LogP contribution in [0, 0.1) is 22.7 Å². The van der Waals surface area contributed by atoms with Gasteiger partial charge in [0.05, 0.1) is 22.2 Å². The molecule has 0 fully saturated rings. The van der Waals surface area contributed by atoms with Crippen molar-refractivity contribution in [3.63, 3.8) is 0 Å². The first-order chi connectivity index (χ1) is 10.6. The van der Waals surface area contributed by atoms with E-state index in [2.05, 4.69) is 5.32 Å². The molecule has 0 radical (unpaired) electrons. The molecule has 0 aliphatic rings. The second-order valence-corrected chi connectivity index (χ2v) is 4.69. The van der Waals surface area contributed by atoms with E-state index in [0.29, 0.717) is 22.6 Å². The molecule has 1 amide bonds. The Hall–Kier alpha value is -3.02. The third kappa shape index (κ3) is 3.99. The Morgan fingerprint density at radius 2 is 2.00 bits per heavy atom. The summed E-state index contributed by atoms with van der Waals surface area (Å²) >= 11 is 5.88. The van der Waals surface area contributed by atoms with E-state index in [4.69, 9.17) is 26.9 Å². The summed E-state index contributed by atoms with van der Waals surface area (Å²) in [7, 11) is 0. The SMILES string of the molecule is N#Cc1cccc(OCC(=O)Nc2ccc(C#N)c(Cl)c2)c1. The summed E-state index contributed by atoms with van der Waals surface area (Å²) in [6.07, 6.45) is 0. The lowest BCUT2D eigenvalue weighted by Gasteiger charge is -2.08. The average molecular weight is 312 g/mol. The normalized spacial score (nSPS) is 9.41. The van der Waals surface area contributed by atoms with Crippen LogP contribution in [0.2, 0.25) is 5.02 Å². The monoisotopic (exact) mass is 311 g/mol. The molecule has 2 rings (SSSR count). The van der Waals surface area contributed by atoms with E-state index in [1.54, 1.807) is 30.3 Å². The van der Waals surface area contributed by atoms with Crippen LogP contribution in [0.3, 0.4) is 0 Å². The minimum atomic E-state index is -0.372. The average Bonchev–Trinajstić information content (AvgIpc) is 2.53. The Morgan fingerprint density at radius 1 is 1.18 bits per heavy atom. The molecular formula is C16H10ClN3O2. The number of benzene rings is 2. The van der Waals surface area contributed by atoms with Gasteiger partial charge in [-0.2, -0.15) is 10.5 Å². The van der Waals surface area contributed by atoms with Gasteiger partial charge in [0.1, 0.15) is 11.8 Å². The number of anilines is 1. The molecule has 0 aliphatic heterocycles. The summed E-state index contributed by atoms with van der Waals surface area (Å²) in [5.41, 5.74) is 1.27. The van der Waals surface area contributed by atoms with E-state index < -0.39 is 0 Å². The summed E-state index contributed by atoms with van der Waals surface area (Å²) in [6, 6.07) is 15.1. The van der Waals surface area contributed by atoms with Gasteiger partial charge in [-0.15, -0.1) is 0 Å². The fraction of sp³-hybridized carbons (Fsp3) is 0.0625. The Bertz CT molecular complexity index is 791. The van der Waals surface area contributed by atoms with Gasteiger partial charge < -0.3 is 10.1 Å². The van der Waals surface area contributed by atoms with Crippen LogP contribution in [-0.4, -0.2) is 12.5 Å². The molecule has 0 saturated heterocycles. The minimum Gasteiger partial charge on any atom is -0.484 e. The standard InChI is InChI=1S/C16H10ClN3O2/c17-15-7-13(5-4-12(15)9-19)20-16(21)10-22-14-3-1-2-11(6-14)8-18/h1-7H,10H2,(H,20,21). The van der Waals surface area contributed by atoms with E-state index in [-0.39, 0.29) is 17.5 Å². The van der Waals surface area contributed by atoms with Gasteiger partial charge in [0.25, 0.3) is 5.91 Å². The molecule has 108 valence electrons. The van der Waals surface area contributed by atoms with Crippen molar-refractivity contribution in [1.29, 1.82) is 10.5 Å². The van der Waals surface area contributed by atoms with Crippen LogP contribution < -0.4 is 10.1 Å². The number of hydrogen-bond acceptors (Lipinski definition) is 4. The van der Waals surface area contributed by atoms with E-state index in [0.717, 1.165) is 0 Å². The number of rotatable bonds is 4. The number of hydrogen-bond donors (Lipinski definition) is 1. The van der Waals surface area contributed by atoms with Gasteiger partial charge >= 0.3 is 0 Å². The Balaban J connectivity index is 1.94. The molecule has 0 saturated carbocycles. The lowest BCUT2D eigenvalue weighted by molar-refractivity contribution is -0.118. The highest BCUT2D eigenvalue weighted by Crippen LogP contribution is 2.20. The molecule has 5 nitrogen and oxygen atoms in total. The predicted molar refractivity (Wildman–Crippen MR) is 81.4 cm³/mol. The molecule has 0 atom stereocenters. The number of amides is 1. The topological polar surface area (TPSA) is 85.9 Å². The van der Waals surface area contributed by atoms with E-state index in [9.17, 15) is 4.79 Å². The van der Waals surface area contributed by atoms with Crippen molar-refractivity contribution >= 4 is 23.2 Å². The third-order valence-electron chi connectivity index (χ3n) is 2.71. The van der Waals surface area contributed by atoms with Crippen molar-refractivity contribution in [2.24, 2.45) is 0 Å². The summed E-state index contributed by atoms with van der Waals surface area (Å²) in [6.45, 7) is -0.202. The Kier molecular flexibility index (Phi) is 4.98. The number of nitrogens with one attached hydrogen (secondary N) is 1. The minimum absolute atomic E-state index is 0.202. The zero-order chi connectivity index (χ0) is 15.9. The van der Waals surface area contributed by atoms with Crippen molar-refractivity contribution < 1.29 is 9.53 Å². The first-order valence-corrected chi connectivity index (χ1v) is 6.62. The second kappa shape index (κ2) is 7.12. The molecule has 2 aromatic rings. The Labute approximate surface area is 132 Å². The van der Waals surface area contributed by atoms with Crippen LogP contribution in [-0.2, 0) is 4.79 Å². The van der Waals surface area contributed by atoms with Crippen LogP contribution in [0.25, 0.3) is 0 Å². The number of nitrogens with zero attached hydrogens (tertiary/aromatic N) is 2. The maximum Gasteiger partial charge on any atom is 0.262 e. The number of ether oxygens (including phenoxy) is 1. The molecule has 0 aliphatic carbocycles. The molecular weight excluding hydrogens is 302 g/mol. The first-order valence-electron chi connectivity index (χ1n) is 6.25. The quantitative estimate of drug-likeness (QED) is 0.940. The van der Waals surface area contributed by atoms with Crippen molar-refractivity contribution in [2.75, 3.05) is 11.9 Å². The maximum atomic E-state index is 11.8. The van der Waals surface area contributed by atoms with E-state index in [1.807, 2.05) is 12.1 Å². The molecule has 0 spiro atoms. The highest BCUT2D eigenvalue weighted by atomic mass is 35.5. The first kappa shape index (κ1) is 15.4. The summed E-state index contributed by atoms with van der Waals surface area (Å²) in [4.78, 5) is 11.8. The predicted octanol–water partition coefficient (Wildman–Crippen LogP) is 3.10. The largest absolute Gasteiger partial charge is 0.484 e. The van der Waals surface area contributed by atoms with Gasteiger partial charge in [-0.3, -0.25) is 4.79 Å². The third-order valence-corrected chi connectivity index (χ3v) is 3.02. The maximum absolute atomic E-state index is 11.8. The summed E-state index contributed by atoms with van der Waals surface area (Å²) < 4.78 is 5.31. The number of nitriles is 2. The molecule has 22 heavy (non-hydrogen) atoms. The fourth-order valence-electron chi connectivity index (χ4n) is 1.68. The molecule has 0 bridgehead atoms. The van der Waals surface area contributed by atoms with Crippen molar-refractivity contribution in [1.82, 2.24) is 0 Å². The summed E-state index contributed by atoms with van der Waals surface area (Å²) in [5.74, 6) is 0.0650. The molecule has 0 heterocycles. The van der Waals surface area contributed by atoms with Crippen LogP contribution in [0.4, 0.5) is 5.69 Å². The van der Waals surface area contributed by atoms with Gasteiger partial charge in [-0.25, -0.2) is 0 Å². The van der Waals surface area contributed by atoms with Crippen LogP contribution in [0.15, 0.2) is 42.5 Å². The van der Waals surface area contributed by atoms with Crippen LogP contribution in [0.5, 0.6) is 5.75 Å². The molecule has 0 aromatic heterocycles. The molecule has 1 N–H and O–H groups in total. The summed E-state index contributed by atoms with van der Waals surface area (Å²) in [5, 5.41) is 20.4. The fourth-order valence-corrected chi connectivity index (χ4v) is 1.91. The lowest BCUT2D eigenvalue weighted by atomic mass is 10.2. The lowest BCUT2D eigenvalue weighted by Crippen LogP contribution is -2.20.